The van der Waals surface area contributed by atoms with Crippen molar-refractivity contribution in [3.8, 4) is 5.75 Å². The second kappa shape index (κ2) is 11.5. The van der Waals surface area contributed by atoms with E-state index >= 15 is 0 Å². The standard InChI is InChI=1S/C25H23I2N7O2/c1-35-22-18(12-19(26)14-21(22)27)15-28-33-24-30-23(31-25(32-24)34-8-10-36-11-9-34)29-20-7-6-16-4-2-3-5-17(16)13-20/h2-7,12-15H,8-11H2,1H3,(H2,29,30,31,32,33)/b28-15-. The van der Waals surface area contributed by atoms with Gasteiger partial charge in [-0.25, -0.2) is 5.43 Å². The van der Waals surface area contributed by atoms with Crippen LogP contribution >= 0.6 is 45.2 Å². The summed E-state index contributed by atoms with van der Waals surface area (Å²) in [6, 6.07) is 18.4. The van der Waals surface area contributed by atoms with E-state index in [1.807, 2.05) is 24.3 Å². The Balaban J connectivity index is 1.43. The zero-order valence-corrected chi connectivity index (χ0v) is 23.7. The molecule has 0 aliphatic carbocycles. The van der Waals surface area contributed by atoms with Gasteiger partial charge in [-0.2, -0.15) is 20.1 Å². The number of anilines is 4. The Morgan fingerprint density at radius 3 is 2.56 bits per heavy atom. The first-order valence-corrected chi connectivity index (χ1v) is 13.4. The van der Waals surface area contributed by atoms with Gasteiger partial charge >= 0.3 is 0 Å². The van der Waals surface area contributed by atoms with Crippen LogP contribution in [0.25, 0.3) is 10.8 Å². The summed E-state index contributed by atoms with van der Waals surface area (Å²) in [5.41, 5.74) is 4.72. The molecule has 11 heteroatoms. The number of nitrogens with zero attached hydrogens (tertiary/aromatic N) is 5. The Labute approximate surface area is 236 Å². The van der Waals surface area contributed by atoms with Crippen molar-refractivity contribution in [2.45, 2.75) is 0 Å². The lowest BCUT2D eigenvalue weighted by atomic mass is 10.1. The van der Waals surface area contributed by atoms with Crippen molar-refractivity contribution in [3.63, 3.8) is 0 Å². The van der Waals surface area contributed by atoms with Crippen molar-refractivity contribution in [1.82, 2.24) is 15.0 Å². The summed E-state index contributed by atoms with van der Waals surface area (Å²) >= 11 is 4.53. The van der Waals surface area contributed by atoms with Crippen molar-refractivity contribution < 1.29 is 9.47 Å². The van der Waals surface area contributed by atoms with Crippen LogP contribution in [-0.2, 0) is 4.74 Å². The van der Waals surface area contributed by atoms with E-state index in [-0.39, 0.29) is 0 Å². The van der Waals surface area contributed by atoms with Crippen LogP contribution in [-0.4, -0.2) is 54.6 Å². The van der Waals surface area contributed by atoms with Crippen molar-refractivity contribution in [2.75, 3.05) is 49.1 Å². The predicted molar refractivity (Wildman–Crippen MR) is 160 cm³/mol. The first-order valence-electron chi connectivity index (χ1n) is 11.3. The first kappa shape index (κ1) is 24.9. The van der Waals surface area contributed by atoms with Crippen molar-refractivity contribution in [1.29, 1.82) is 0 Å². The lowest BCUT2D eigenvalue weighted by molar-refractivity contribution is 0.122. The van der Waals surface area contributed by atoms with Crippen LogP contribution < -0.4 is 20.4 Å². The highest BCUT2D eigenvalue weighted by Crippen LogP contribution is 2.27. The molecule has 0 spiro atoms. The number of nitrogens with one attached hydrogen (secondary N) is 2. The Morgan fingerprint density at radius 2 is 1.75 bits per heavy atom. The van der Waals surface area contributed by atoms with Gasteiger partial charge in [0.1, 0.15) is 5.75 Å². The Bertz CT molecular complexity index is 1410. The summed E-state index contributed by atoms with van der Waals surface area (Å²) in [6.45, 7) is 2.68. The maximum Gasteiger partial charge on any atom is 0.250 e. The molecule has 1 aromatic heterocycles. The van der Waals surface area contributed by atoms with Crippen LogP contribution in [0.1, 0.15) is 5.56 Å². The normalized spacial score (nSPS) is 13.8. The fourth-order valence-corrected chi connectivity index (χ4v) is 5.93. The molecule has 1 saturated heterocycles. The molecule has 0 saturated carbocycles. The highest BCUT2D eigenvalue weighted by molar-refractivity contribution is 14.1. The number of morpholine rings is 1. The summed E-state index contributed by atoms with van der Waals surface area (Å²) < 4.78 is 13.1. The molecule has 4 aromatic rings. The number of fused-ring (bicyclic) bond motifs is 1. The largest absolute Gasteiger partial charge is 0.495 e. The fourth-order valence-electron chi connectivity index (χ4n) is 3.82. The predicted octanol–water partition coefficient (Wildman–Crippen LogP) is 5.27. The number of hydrogen-bond donors (Lipinski definition) is 2. The van der Waals surface area contributed by atoms with E-state index in [1.165, 1.54) is 5.39 Å². The Morgan fingerprint density at radius 1 is 0.972 bits per heavy atom. The van der Waals surface area contributed by atoms with E-state index in [0.29, 0.717) is 44.1 Å². The van der Waals surface area contributed by atoms with Gasteiger partial charge in [0.05, 0.1) is 30.1 Å². The SMILES string of the molecule is COc1c(I)cc(I)cc1/C=N\Nc1nc(Nc2ccc3ccccc3c2)nc(N2CCOCC2)n1. The van der Waals surface area contributed by atoms with E-state index in [4.69, 9.17) is 9.47 Å². The summed E-state index contributed by atoms with van der Waals surface area (Å²) in [5, 5.41) is 10.0. The van der Waals surface area contributed by atoms with E-state index < -0.39 is 0 Å². The molecule has 1 aliphatic heterocycles. The van der Waals surface area contributed by atoms with Gasteiger partial charge in [0, 0.05) is 27.9 Å². The average Bonchev–Trinajstić information content (AvgIpc) is 2.89. The molecular weight excluding hydrogens is 684 g/mol. The number of hydrogen-bond acceptors (Lipinski definition) is 9. The maximum atomic E-state index is 5.55. The smallest absolute Gasteiger partial charge is 0.250 e. The average molecular weight is 707 g/mol. The van der Waals surface area contributed by atoms with Gasteiger partial charge in [0.15, 0.2) is 0 Å². The van der Waals surface area contributed by atoms with Crippen LogP contribution in [0.5, 0.6) is 5.75 Å². The van der Waals surface area contributed by atoms with Gasteiger partial charge < -0.3 is 19.7 Å². The van der Waals surface area contributed by atoms with Crippen molar-refractivity contribution in [2.24, 2.45) is 5.10 Å². The highest BCUT2D eigenvalue weighted by Gasteiger charge is 2.17. The first-order chi connectivity index (χ1) is 17.6. The lowest BCUT2D eigenvalue weighted by Crippen LogP contribution is -2.37. The number of hydrazone groups is 1. The molecule has 0 radical (unpaired) electrons. The number of halogens is 2. The van der Waals surface area contributed by atoms with E-state index in [9.17, 15) is 0 Å². The Kier molecular flexibility index (Phi) is 7.96. The molecule has 0 bridgehead atoms. The number of ether oxygens (including phenoxy) is 2. The summed E-state index contributed by atoms with van der Waals surface area (Å²) in [5.74, 6) is 2.10. The minimum atomic E-state index is 0.338. The molecule has 36 heavy (non-hydrogen) atoms. The van der Waals surface area contributed by atoms with Crippen LogP contribution in [0.3, 0.4) is 0 Å². The minimum absolute atomic E-state index is 0.338. The topological polar surface area (TPSA) is 96.8 Å². The Hall–Kier alpha value is -2.78. The molecule has 0 atom stereocenters. The number of rotatable bonds is 7. The van der Waals surface area contributed by atoms with Crippen molar-refractivity contribution >= 4 is 85.7 Å². The van der Waals surface area contributed by atoms with Crippen LogP contribution in [0.15, 0.2) is 59.7 Å². The molecule has 0 unspecified atom stereocenters. The number of benzene rings is 3. The third kappa shape index (κ3) is 5.95. The van der Waals surface area contributed by atoms with E-state index in [2.05, 4.69) is 111 Å². The summed E-state index contributed by atoms with van der Waals surface area (Å²) in [4.78, 5) is 15.9. The summed E-state index contributed by atoms with van der Waals surface area (Å²) in [7, 11) is 1.65. The van der Waals surface area contributed by atoms with Gasteiger partial charge in [-0.05, 0) is 80.2 Å². The maximum absolute atomic E-state index is 5.55. The van der Waals surface area contributed by atoms with Crippen molar-refractivity contribution in [3.05, 3.63) is 67.3 Å². The van der Waals surface area contributed by atoms with Crippen LogP contribution in [0.4, 0.5) is 23.5 Å². The third-order valence-electron chi connectivity index (χ3n) is 5.53. The second-order valence-electron chi connectivity index (χ2n) is 7.95. The van der Waals surface area contributed by atoms with E-state index in [0.717, 1.165) is 29.5 Å². The molecule has 184 valence electrons. The molecule has 9 nitrogen and oxygen atoms in total. The number of methoxy groups -OCH3 is 1. The zero-order valence-electron chi connectivity index (χ0n) is 19.4. The minimum Gasteiger partial charge on any atom is -0.495 e. The van der Waals surface area contributed by atoms with Gasteiger partial charge in [-0.3, -0.25) is 0 Å². The van der Waals surface area contributed by atoms with Gasteiger partial charge in [0.2, 0.25) is 17.8 Å². The second-order valence-corrected chi connectivity index (χ2v) is 10.4. The summed E-state index contributed by atoms with van der Waals surface area (Å²) in [6.07, 6.45) is 1.71. The molecule has 2 heterocycles. The monoisotopic (exact) mass is 707 g/mol. The van der Waals surface area contributed by atoms with Gasteiger partial charge in [0.25, 0.3) is 0 Å². The lowest BCUT2D eigenvalue weighted by Gasteiger charge is -2.27. The molecular formula is C25H23I2N7O2. The van der Waals surface area contributed by atoms with E-state index in [1.54, 1.807) is 13.3 Å². The fraction of sp³-hybridized carbons (Fsp3) is 0.200. The highest BCUT2D eigenvalue weighted by atomic mass is 127. The molecule has 2 N–H and O–H groups in total. The molecule has 5 rings (SSSR count). The third-order valence-corrected chi connectivity index (χ3v) is 6.96. The van der Waals surface area contributed by atoms with Gasteiger partial charge in [-0.1, -0.05) is 30.3 Å². The van der Waals surface area contributed by atoms with Crippen LogP contribution in [0.2, 0.25) is 0 Å². The molecule has 1 fully saturated rings. The molecule has 1 aliphatic rings. The quantitative estimate of drug-likeness (QED) is 0.153. The molecule has 3 aromatic carbocycles. The molecule has 0 amide bonds. The van der Waals surface area contributed by atoms with Crippen LogP contribution in [0, 0.1) is 7.14 Å². The zero-order chi connectivity index (χ0) is 24.9. The number of aromatic nitrogens is 3. The van der Waals surface area contributed by atoms with Gasteiger partial charge in [-0.15, -0.1) is 0 Å².